The predicted molar refractivity (Wildman–Crippen MR) is 96.0 cm³/mol. The van der Waals surface area contributed by atoms with Crippen LogP contribution in [0.25, 0.3) is 0 Å². The molecule has 1 rings (SSSR count). The van der Waals surface area contributed by atoms with Crippen molar-refractivity contribution in [3.8, 4) is 0 Å². The van der Waals surface area contributed by atoms with E-state index >= 15 is 0 Å². The summed E-state index contributed by atoms with van der Waals surface area (Å²) in [6.45, 7) is 8.79. The molecular formula is C19H32O3S. The Morgan fingerprint density at radius 2 is 1.74 bits per heavy atom. The number of hydrogen-bond acceptors (Lipinski definition) is 3. The van der Waals surface area contributed by atoms with Crippen molar-refractivity contribution in [3.63, 3.8) is 0 Å². The summed E-state index contributed by atoms with van der Waals surface area (Å²) in [5, 5.41) is 0. The lowest BCUT2D eigenvalue weighted by molar-refractivity contribution is 0.220. The van der Waals surface area contributed by atoms with Crippen molar-refractivity contribution >= 4 is 10.1 Å². The molecule has 1 aromatic rings. The Bertz CT molecular complexity index is 534. The highest BCUT2D eigenvalue weighted by atomic mass is 32.2. The molecule has 0 amide bonds. The zero-order valence-corrected chi connectivity index (χ0v) is 15.9. The van der Waals surface area contributed by atoms with Gasteiger partial charge in [-0.25, -0.2) is 0 Å². The van der Waals surface area contributed by atoms with Crippen molar-refractivity contribution in [1.29, 1.82) is 0 Å². The molecule has 0 fully saturated rings. The van der Waals surface area contributed by atoms with Crippen molar-refractivity contribution in [2.45, 2.75) is 71.1 Å². The van der Waals surface area contributed by atoms with E-state index in [-0.39, 0.29) is 11.5 Å². The van der Waals surface area contributed by atoms with Gasteiger partial charge < -0.3 is 0 Å². The van der Waals surface area contributed by atoms with E-state index in [0.29, 0.717) is 11.8 Å². The van der Waals surface area contributed by atoms with Crippen LogP contribution in [-0.2, 0) is 14.3 Å². The number of unbranched alkanes of at least 4 members (excludes halogenated alkanes) is 2. The van der Waals surface area contributed by atoms with E-state index in [2.05, 4.69) is 20.8 Å². The highest BCUT2D eigenvalue weighted by Gasteiger charge is 2.19. The van der Waals surface area contributed by atoms with Crippen molar-refractivity contribution in [1.82, 2.24) is 0 Å². The molecule has 0 aliphatic carbocycles. The normalized spacial score (nSPS) is 14.6. The molecular weight excluding hydrogens is 308 g/mol. The number of benzene rings is 1. The maximum Gasteiger partial charge on any atom is 0.296 e. The molecule has 3 nitrogen and oxygen atoms in total. The molecule has 23 heavy (non-hydrogen) atoms. The van der Waals surface area contributed by atoms with Crippen LogP contribution in [0.15, 0.2) is 29.2 Å². The van der Waals surface area contributed by atoms with Crippen LogP contribution in [0.3, 0.4) is 0 Å². The first-order valence-corrected chi connectivity index (χ1v) is 10.3. The topological polar surface area (TPSA) is 43.4 Å². The Hall–Kier alpha value is -0.870. The Morgan fingerprint density at radius 3 is 2.30 bits per heavy atom. The predicted octanol–water partition coefficient (Wildman–Crippen LogP) is 5.33. The Morgan fingerprint density at radius 1 is 1.09 bits per heavy atom. The van der Waals surface area contributed by atoms with E-state index in [1.165, 1.54) is 25.7 Å². The Balaban J connectivity index is 2.51. The summed E-state index contributed by atoms with van der Waals surface area (Å²) < 4.78 is 29.8. The zero-order valence-electron chi connectivity index (χ0n) is 15.0. The first kappa shape index (κ1) is 20.2. The zero-order chi connectivity index (χ0) is 17.3. The quantitative estimate of drug-likeness (QED) is 0.404. The molecule has 0 radical (unpaired) electrons. The monoisotopic (exact) mass is 340 g/mol. The lowest BCUT2D eigenvalue weighted by Gasteiger charge is -2.19. The second kappa shape index (κ2) is 10.1. The smallest absolute Gasteiger partial charge is 0.266 e. The molecule has 0 heterocycles. The summed E-state index contributed by atoms with van der Waals surface area (Å²) in [6.07, 6.45) is 6.97. The van der Waals surface area contributed by atoms with Gasteiger partial charge in [0, 0.05) is 0 Å². The number of rotatable bonds is 11. The highest BCUT2D eigenvalue weighted by Crippen LogP contribution is 2.23. The van der Waals surface area contributed by atoms with Gasteiger partial charge in [0.15, 0.2) is 0 Å². The second-order valence-corrected chi connectivity index (χ2v) is 8.28. The van der Waals surface area contributed by atoms with Crippen LogP contribution in [-0.4, -0.2) is 15.0 Å². The fourth-order valence-electron chi connectivity index (χ4n) is 2.74. The van der Waals surface area contributed by atoms with E-state index in [9.17, 15) is 8.42 Å². The lowest BCUT2D eigenvalue weighted by atomic mass is 9.91. The van der Waals surface area contributed by atoms with Gasteiger partial charge in [0.05, 0.1) is 11.5 Å². The lowest BCUT2D eigenvalue weighted by Crippen LogP contribution is -2.16. The minimum absolute atomic E-state index is 0.244. The first-order chi connectivity index (χ1) is 10.9. The summed E-state index contributed by atoms with van der Waals surface area (Å²) in [7, 11) is -3.64. The van der Waals surface area contributed by atoms with Gasteiger partial charge in [-0.1, -0.05) is 70.6 Å². The third-order valence-electron chi connectivity index (χ3n) is 4.38. The second-order valence-electron chi connectivity index (χ2n) is 6.66. The molecule has 0 aliphatic rings. The van der Waals surface area contributed by atoms with Crippen LogP contribution in [0.5, 0.6) is 0 Å². The third kappa shape index (κ3) is 7.49. The molecule has 0 saturated heterocycles. The van der Waals surface area contributed by atoms with Crippen molar-refractivity contribution < 1.29 is 12.6 Å². The van der Waals surface area contributed by atoms with Gasteiger partial charge >= 0.3 is 0 Å². The molecule has 4 heteroatoms. The van der Waals surface area contributed by atoms with E-state index in [1.807, 2.05) is 6.92 Å². The molecule has 0 aliphatic heterocycles. The van der Waals surface area contributed by atoms with Gasteiger partial charge in [0.25, 0.3) is 10.1 Å². The minimum atomic E-state index is -3.64. The molecule has 2 unspecified atom stereocenters. The molecule has 0 N–H and O–H groups in total. The summed E-state index contributed by atoms with van der Waals surface area (Å²) in [5.74, 6) is 0.920. The van der Waals surface area contributed by atoms with Crippen LogP contribution >= 0.6 is 0 Å². The SMILES string of the molecule is CCCCCC(C)CC(CC)COS(=O)(=O)c1ccc(C)cc1. The number of hydrogen-bond donors (Lipinski definition) is 0. The van der Waals surface area contributed by atoms with Gasteiger partial charge in [-0.3, -0.25) is 4.18 Å². The summed E-state index contributed by atoms with van der Waals surface area (Å²) in [5.41, 5.74) is 1.04. The van der Waals surface area contributed by atoms with Crippen LogP contribution in [0.1, 0.15) is 64.9 Å². The van der Waals surface area contributed by atoms with E-state index in [1.54, 1.807) is 24.3 Å². The van der Waals surface area contributed by atoms with Gasteiger partial charge in [-0.05, 0) is 37.3 Å². The van der Waals surface area contributed by atoms with Crippen LogP contribution < -0.4 is 0 Å². The average Bonchev–Trinajstić information content (AvgIpc) is 2.52. The standard InChI is InChI=1S/C19H32O3S/c1-5-7-8-9-17(4)14-18(6-2)15-22-23(20,21)19-12-10-16(3)11-13-19/h10-13,17-18H,5-9,14-15H2,1-4H3. The van der Waals surface area contributed by atoms with Crippen LogP contribution in [0.4, 0.5) is 0 Å². The van der Waals surface area contributed by atoms with Crippen LogP contribution in [0.2, 0.25) is 0 Å². The molecule has 0 aromatic heterocycles. The molecule has 132 valence electrons. The molecule has 1 aromatic carbocycles. The van der Waals surface area contributed by atoms with Gasteiger partial charge in [-0.15, -0.1) is 0 Å². The fourth-order valence-corrected chi connectivity index (χ4v) is 3.72. The van der Waals surface area contributed by atoms with E-state index in [0.717, 1.165) is 18.4 Å². The average molecular weight is 341 g/mol. The molecule has 0 saturated carbocycles. The summed E-state index contributed by atoms with van der Waals surface area (Å²) in [6, 6.07) is 6.81. The largest absolute Gasteiger partial charge is 0.296 e. The van der Waals surface area contributed by atoms with Crippen molar-refractivity contribution in [2.75, 3.05) is 6.61 Å². The van der Waals surface area contributed by atoms with E-state index in [4.69, 9.17) is 4.18 Å². The third-order valence-corrected chi connectivity index (χ3v) is 5.68. The summed E-state index contributed by atoms with van der Waals surface area (Å²) in [4.78, 5) is 0.244. The number of aryl methyl sites for hydroxylation is 1. The molecule has 2 atom stereocenters. The van der Waals surface area contributed by atoms with Crippen molar-refractivity contribution in [2.24, 2.45) is 11.8 Å². The van der Waals surface area contributed by atoms with Crippen molar-refractivity contribution in [3.05, 3.63) is 29.8 Å². The van der Waals surface area contributed by atoms with Crippen LogP contribution in [0, 0.1) is 18.8 Å². The molecule has 0 bridgehead atoms. The maximum atomic E-state index is 12.2. The summed E-state index contributed by atoms with van der Waals surface area (Å²) >= 11 is 0. The Labute approximate surface area is 142 Å². The van der Waals surface area contributed by atoms with Gasteiger partial charge in [0.1, 0.15) is 0 Å². The highest BCUT2D eigenvalue weighted by molar-refractivity contribution is 7.86. The maximum absolute atomic E-state index is 12.2. The molecule has 0 spiro atoms. The van der Waals surface area contributed by atoms with Gasteiger partial charge in [-0.2, -0.15) is 8.42 Å². The minimum Gasteiger partial charge on any atom is -0.266 e. The van der Waals surface area contributed by atoms with E-state index < -0.39 is 10.1 Å². The fraction of sp³-hybridized carbons (Fsp3) is 0.684. The first-order valence-electron chi connectivity index (χ1n) is 8.85. The van der Waals surface area contributed by atoms with Gasteiger partial charge in [0.2, 0.25) is 0 Å². The Kier molecular flexibility index (Phi) is 8.85.